The minimum absolute atomic E-state index is 0.0401. The molecule has 0 aliphatic carbocycles. The minimum atomic E-state index is -0.0401. The Morgan fingerprint density at radius 1 is 1.32 bits per heavy atom. The van der Waals surface area contributed by atoms with Crippen molar-refractivity contribution in [3.05, 3.63) is 41.1 Å². The molecule has 22 heavy (non-hydrogen) atoms. The largest absolute Gasteiger partial charge is 0.363 e. The van der Waals surface area contributed by atoms with E-state index in [4.69, 9.17) is 21.9 Å². The van der Waals surface area contributed by atoms with E-state index in [1.807, 2.05) is 17.0 Å². The van der Waals surface area contributed by atoms with E-state index in [2.05, 4.69) is 5.16 Å². The maximum absolute atomic E-state index is 12.7. The van der Waals surface area contributed by atoms with Crippen molar-refractivity contribution in [3.63, 3.8) is 0 Å². The standard InChI is InChI=1S/C16H18ClN3O2/c17-13-3-1-12(2-4-13)15-14(10-22-19-15)16(21)20-7-5-11(9-18)6-8-20/h1-4,10-11H,5-9,18H2. The summed E-state index contributed by atoms with van der Waals surface area (Å²) in [5.41, 5.74) is 7.56. The molecule has 1 aromatic heterocycles. The van der Waals surface area contributed by atoms with E-state index in [1.54, 1.807) is 12.1 Å². The van der Waals surface area contributed by atoms with Crippen LogP contribution in [0.5, 0.6) is 0 Å². The molecular weight excluding hydrogens is 302 g/mol. The quantitative estimate of drug-likeness (QED) is 0.944. The van der Waals surface area contributed by atoms with Gasteiger partial charge in [0, 0.05) is 23.7 Å². The van der Waals surface area contributed by atoms with Crippen LogP contribution >= 0.6 is 11.6 Å². The molecule has 1 aliphatic heterocycles. The van der Waals surface area contributed by atoms with Crippen LogP contribution in [-0.2, 0) is 0 Å². The van der Waals surface area contributed by atoms with Crippen molar-refractivity contribution in [2.45, 2.75) is 12.8 Å². The average molecular weight is 320 g/mol. The third-order valence-corrected chi connectivity index (χ3v) is 4.40. The molecule has 0 spiro atoms. The highest BCUT2D eigenvalue weighted by molar-refractivity contribution is 6.30. The van der Waals surface area contributed by atoms with Crippen LogP contribution in [0.4, 0.5) is 0 Å². The molecule has 0 bridgehead atoms. The molecule has 2 N–H and O–H groups in total. The first kappa shape index (κ1) is 15.1. The second-order valence-electron chi connectivity index (χ2n) is 5.56. The lowest BCUT2D eigenvalue weighted by atomic mass is 9.96. The second kappa shape index (κ2) is 6.50. The van der Waals surface area contributed by atoms with E-state index in [-0.39, 0.29) is 5.91 Å². The van der Waals surface area contributed by atoms with Crippen LogP contribution in [0.1, 0.15) is 23.2 Å². The van der Waals surface area contributed by atoms with Crippen molar-refractivity contribution in [1.29, 1.82) is 0 Å². The van der Waals surface area contributed by atoms with Gasteiger partial charge in [-0.05, 0) is 37.4 Å². The summed E-state index contributed by atoms with van der Waals surface area (Å²) in [6, 6.07) is 7.20. The number of aromatic nitrogens is 1. The van der Waals surface area contributed by atoms with Gasteiger partial charge < -0.3 is 15.2 Å². The molecule has 116 valence electrons. The molecule has 2 aromatic rings. The average Bonchev–Trinajstić information content (AvgIpc) is 3.04. The van der Waals surface area contributed by atoms with Crippen LogP contribution in [0.25, 0.3) is 11.3 Å². The Bertz CT molecular complexity index is 646. The summed E-state index contributed by atoms with van der Waals surface area (Å²) in [7, 11) is 0. The molecule has 1 amide bonds. The number of rotatable bonds is 3. The third kappa shape index (κ3) is 3.00. The molecule has 1 aliphatic rings. The summed E-state index contributed by atoms with van der Waals surface area (Å²) < 4.78 is 5.03. The summed E-state index contributed by atoms with van der Waals surface area (Å²) in [6.45, 7) is 2.14. The molecule has 1 aromatic carbocycles. The van der Waals surface area contributed by atoms with Crippen molar-refractivity contribution in [2.24, 2.45) is 11.7 Å². The van der Waals surface area contributed by atoms with Crippen LogP contribution in [0.15, 0.2) is 35.1 Å². The topological polar surface area (TPSA) is 72.4 Å². The van der Waals surface area contributed by atoms with Gasteiger partial charge in [-0.1, -0.05) is 28.9 Å². The van der Waals surface area contributed by atoms with E-state index < -0.39 is 0 Å². The van der Waals surface area contributed by atoms with Gasteiger partial charge in [0.1, 0.15) is 17.5 Å². The lowest BCUT2D eigenvalue weighted by Gasteiger charge is -2.31. The predicted molar refractivity (Wildman–Crippen MR) is 84.6 cm³/mol. The molecule has 5 nitrogen and oxygen atoms in total. The smallest absolute Gasteiger partial charge is 0.259 e. The number of amides is 1. The van der Waals surface area contributed by atoms with E-state index in [0.717, 1.165) is 31.5 Å². The van der Waals surface area contributed by atoms with Crippen molar-refractivity contribution >= 4 is 17.5 Å². The highest BCUT2D eigenvalue weighted by Gasteiger charge is 2.26. The fourth-order valence-corrected chi connectivity index (χ4v) is 2.87. The number of benzene rings is 1. The molecule has 3 rings (SSSR count). The molecule has 1 fully saturated rings. The summed E-state index contributed by atoms with van der Waals surface area (Å²) >= 11 is 5.90. The van der Waals surface area contributed by atoms with Crippen molar-refractivity contribution in [3.8, 4) is 11.3 Å². The molecule has 0 unspecified atom stereocenters. The van der Waals surface area contributed by atoms with Crippen molar-refractivity contribution in [1.82, 2.24) is 10.1 Å². The maximum Gasteiger partial charge on any atom is 0.259 e. The number of likely N-dealkylation sites (tertiary alicyclic amines) is 1. The van der Waals surface area contributed by atoms with Crippen molar-refractivity contribution in [2.75, 3.05) is 19.6 Å². The van der Waals surface area contributed by atoms with Gasteiger partial charge in [-0.3, -0.25) is 4.79 Å². The molecule has 0 atom stereocenters. The van der Waals surface area contributed by atoms with Gasteiger partial charge >= 0.3 is 0 Å². The lowest BCUT2D eigenvalue weighted by Crippen LogP contribution is -2.40. The first-order chi connectivity index (χ1) is 10.7. The van der Waals surface area contributed by atoms with Gasteiger partial charge in [-0.15, -0.1) is 0 Å². The summed E-state index contributed by atoms with van der Waals surface area (Å²) in [5.74, 6) is 0.476. The zero-order chi connectivity index (χ0) is 15.5. The Kier molecular flexibility index (Phi) is 4.45. The van der Waals surface area contributed by atoms with Crippen molar-refractivity contribution < 1.29 is 9.32 Å². The number of hydrogen-bond acceptors (Lipinski definition) is 4. The summed E-state index contributed by atoms with van der Waals surface area (Å²) in [4.78, 5) is 14.5. The summed E-state index contributed by atoms with van der Waals surface area (Å²) in [5, 5.41) is 4.62. The number of piperidine rings is 1. The number of nitrogens with zero attached hydrogens (tertiary/aromatic N) is 2. The van der Waals surface area contributed by atoms with E-state index in [0.29, 0.717) is 28.7 Å². The molecule has 0 saturated carbocycles. The normalized spacial score (nSPS) is 16.0. The van der Waals surface area contributed by atoms with E-state index in [1.165, 1.54) is 6.26 Å². The van der Waals surface area contributed by atoms with E-state index in [9.17, 15) is 4.79 Å². The highest BCUT2D eigenvalue weighted by atomic mass is 35.5. The maximum atomic E-state index is 12.7. The van der Waals surface area contributed by atoms with Crippen LogP contribution < -0.4 is 5.73 Å². The number of carbonyl (C=O) groups excluding carboxylic acids is 1. The zero-order valence-corrected chi connectivity index (χ0v) is 12.9. The Morgan fingerprint density at radius 3 is 2.64 bits per heavy atom. The fraction of sp³-hybridized carbons (Fsp3) is 0.375. The SMILES string of the molecule is NCC1CCN(C(=O)c2conc2-c2ccc(Cl)cc2)CC1. The first-order valence-electron chi connectivity index (χ1n) is 7.38. The molecule has 1 saturated heterocycles. The Hall–Kier alpha value is -1.85. The number of nitrogens with two attached hydrogens (primary N) is 1. The number of hydrogen-bond donors (Lipinski definition) is 1. The van der Waals surface area contributed by atoms with E-state index >= 15 is 0 Å². The Labute approximate surface area is 134 Å². The van der Waals surface area contributed by atoms with Crippen LogP contribution in [0, 0.1) is 5.92 Å². The van der Waals surface area contributed by atoms with Gasteiger partial charge in [0.2, 0.25) is 0 Å². The van der Waals surface area contributed by atoms with Gasteiger partial charge in [0.05, 0.1) is 0 Å². The van der Waals surface area contributed by atoms with Gasteiger partial charge in [0.15, 0.2) is 0 Å². The summed E-state index contributed by atoms with van der Waals surface area (Å²) in [6.07, 6.45) is 3.31. The zero-order valence-electron chi connectivity index (χ0n) is 12.2. The van der Waals surface area contributed by atoms with Gasteiger partial charge in [-0.25, -0.2) is 0 Å². The first-order valence-corrected chi connectivity index (χ1v) is 7.76. The second-order valence-corrected chi connectivity index (χ2v) is 5.99. The predicted octanol–water partition coefficient (Wildman–Crippen LogP) is 2.81. The van der Waals surface area contributed by atoms with Gasteiger partial charge in [-0.2, -0.15) is 0 Å². The van der Waals surface area contributed by atoms with Crippen LogP contribution in [0.2, 0.25) is 5.02 Å². The lowest BCUT2D eigenvalue weighted by molar-refractivity contribution is 0.0693. The molecular formula is C16H18ClN3O2. The monoisotopic (exact) mass is 319 g/mol. The Morgan fingerprint density at radius 2 is 2.00 bits per heavy atom. The highest BCUT2D eigenvalue weighted by Crippen LogP contribution is 2.26. The number of halogens is 1. The third-order valence-electron chi connectivity index (χ3n) is 4.15. The molecule has 2 heterocycles. The minimum Gasteiger partial charge on any atom is -0.363 e. The van der Waals surface area contributed by atoms with Crippen LogP contribution in [0.3, 0.4) is 0 Å². The number of carbonyl (C=O) groups is 1. The van der Waals surface area contributed by atoms with Crippen LogP contribution in [-0.4, -0.2) is 35.6 Å². The van der Waals surface area contributed by atoms with Gasteiger partial charge in [0.25, 0.3) is 5.91 Å². The Balaban J connectivity index is 1.80. The fourth-order valence-electron chi connectivity index (χ4n) is 2.75. The molecule has 6 heteroatoms. The molecule has 0 radical (unpaired) electrons.